The standard InChI is InChI=1S/C16H15N5O2/c1-2-23-14-7-6-11(9-18-14)16(22)20-13-10-19-21-15(13)12-5-3-4-8-17-12/h3-10H,2H2,1H3,(H,19,21)(H,20,22). The third-order valence-electron chi connectivity index (χ3n) is 3.10. The van der Waals surface area contributed by atoms with E-state index in [9.17, 15) is 4.79 Å². The van der Waals surface area contributed by atoms with Gasteiger partial charge in [-0.05, 0) is 25.1 Å². The van der Waals surface area contributed by atoms with E-state index in [1.165, 1.54) is 6.20 Å². The summed E-state index contributed by atoms with van der Waals surface area (Å²) in [7, 11) is 0. The minimum Gasteiger partial charge on any atom is -0.478 e. The maximum atomic E-state index is 12.3. The van der Waals surface area contributed by atoms with Crippen LogP contribution in [0.1, 0.15) is 17.3 Å². The van der Waals surface area contributed by atoms with E-state index in [1.807, 2.05) is 25.1 Å². The summed E-state index contributed by atoms with van der Waals surface area (Å²) in [5.41, 5.74) is 2.34. The molecule has 116 valence electrons. The second kappa shape index (κ2) is 6.69. The monoisotopic (exact) mass is 309 g/mol. The van der Waals surface area contributed by atoms with Crippen molar-refractivity contribution in [3.63, 3.8) is 0 Å². The topological polar surface area (TPSA) is 92.8 Å². The number of anilines is 1. The van der Waals surface area contributed by atoms with Crippen molar-refractivity contribution in [3.05, 3.63) is 54.5 Å². The molecule has 0 bridgehead atoms. The normalized spacial score (nSPS) is 10.3. The molecule has 0 fully saturated rings. The molecule has 0 unspecified atom stereocenters. The van der Waals surface area contributed by atoms with E-state index in [2.05, 4.69) is 25.5 Å². The lowest BCUT2D eigenvalue weighted by Crippen LogP contribution is -2.12. The molecule has 3 aromatic rings. The predicted molar refractivity (Wildman–Crippen MR) is 85.2 cm³/mol. The smallest absolute Gasteiger partial charge is 0.257 e. The molecule has 0 radical (unpaired) electrons. The Morgan fingerprint density at radius 1 is 1.22 bits per heavy atom. The zero-order valence-corrected chi connectivity index (χ0v) is 12.5. The first kappa shape index (κ1) is 14.7. The highest BCUT2D eigenvalue weighted by Gasteiger charge is 2.13. The molecule has 1 amide bonds. The molecular weight excluding hydrogens is 294 g/mol. The molecule has 0 aliphatic heterocycles. The van der Waals surface area contributed by atoms with E-state index >= 15 is 0 Å². The third-order valence-corrected chi connectivity index (χ3v) is 3.10. The van der Waals surface area contributed by atoms with E-state index in [0.29, 0.717) is 35.1 Å². The summed E-state index contributed by atoms with van der Waals surface area (Å²) < 4.78 is 5.26. The molecule has 7 nitrogen and oxygen atoms in total. The zero-order chi connectivity index (χ0) is 16.1. The van der Waals surface area contributed by atoms with Gasteiger partial charge in [0.15, 0.2) is 0 Å². The van der Waals surface area contributed by atoms with Crippen molar-refractivity contribution in [2.75, 3.05) is 11.9 Å². The molecule has 0 saturated carbocycles. The summed E-state index contributed by atoms with van der Waals surface area (Å²) in [4.78, 5) is 20.6. The first-order valence-corrected chi connectivity index (χ1v) is 7.13. The fourth-order valence-corrected chi connectivity index (χ4v) is 2.03. The van der Waals surface area contributed by atoms with Gasteiger partial charge in [-0.2, -0.15) is 5.10 Å². The lowest BCUT2D eigenvalue weighted by molar-refractivity contribution is 0.102. The predicted octanol–water partition coefficient (Wildman–Crippen LogP) is 2.52. The number of rotatable bonds is 5. The molecule has 7 heteroatoms. The molecule has 0 saturated heterocycles. The lowest BCUT2D eigenvalue weighted by Gasteiger charge is -2.06. The van der Waals surface area contributed by atoms with Crippen LogP contribution in [0.3, 0.4) is 0 Å². The number of pyridine rings is 2. The van der Waals surface area contributed by atoms with Crippen LogP contribution in [-0.4, -0.2) is 32.7 Å². The number of hydrogen-bond donors (Lipinski definition) is 2. The van der Waals surface area contributed by atoms with Gasteiger partial charge in [0, 0.05) is 18.5 Å². The molecule has 0 aliphatic rings. The quantitative estimate of drug-likeness (QED) is 0.755. The average Bonchev–Trinajstić information content (AvgIpc) is 3.05. The van der Waals surface area contributed by atoms with E-state index in [0.717, 1.165) is 0 Å². The number of carbonyl (C=O) groups excluding carboxylic acids is 1. The van der Waals surface area contributed by atoms with Gasteiger partial charge in [-0.3, -0.25) is 14.9 Å². The average molecular weight is 309 g/mol. The maximum Gasteiger partial charge on any atom is 0.257 e. The highest BCUT2D eigenvalue weighted by molar-refractivity contribution is 6.05. The highest BCUT2D eigenvalue weighted by Crippen LogP contribution is 2.23. The Morgan fingerprint density at radius 2 is 2.13 bits per heavy atom. The van der Waals surface area contributed by atoms with Crippen LogP contribution in [0.15, 0.2) is 48.9 Å². The van der Waals surface area contributed by atoms with Crippen molar-refractivity contribution in [1.29, 1.82) is 0 Å². The summed E-state index contributed by atoms with van der Waals surface area (Å²) in [5.74, 6) is 0.209. The van der Waals surface area contributed by atoms with E-state index in [4.69, 9.17) is 4.74 Å². The van der Waals surface area contributed by atoms with Crippen LogP contribution in [-0.2, 0) is 0 Å². The van der Waals surface area contributed by atoms with E-state index in [1.54, 1.807) is 24.5 Å². The van der Waals surface area contributed by atoms with Gasteiger partial charge in [0.25, 0.3) is 5.91 Å². The second-order valence-electron chi connectivity index (χ2n) is 4.65. The van der Waals surface area contributed by atoms with Gasteiger partial charge >= 0.3 is 0 Å². The zero-order valence-electron chi connectivity index (χ0n) is 12.5. The summed E-state index contributed by atoms with van der Waals surface area (Å²) in [6.07, 6.45) is 4.70. The van der Waals surface area contributed by atoms with E-state index < -0.39 is 0 Å². The van der Waals surface area contributed by atoms with Crippen LogP contribution >= 0.6 is 0 Å². The fraction of sp³-hybridized carbons (Fsp3) is 0.125. The largest absolute Gasteiger partial charge is 0.478 e. The van der Waals surface area contributed by atoms with Gasteiger partial charge in [-0.1, -0.05) is 6.07 Å². The Kier molecular flexibility index (Phi) is 4.28. The van der Waals surface area contributed by atoms with Gasteiger partial charge in [0.1, 0.15) is 5.69 Å². The summed E-state index contributed by atoms with van der Waals surface area (Å²) in [6, 6.07) is 8.85. The van der Waals surface area contributed by atoms with Crippen molar-refractivity contribution >= 4 is 11.6 Å². The third kappa shape index (κ3) is 3.34. The first-order valence-electron chi connectivity index (χ1n) is 7.13. The van der Waals surface area contributed by atoms with Crippen molar-refractivity contribution in [2.24, 2.45) is 0 Å². The highest BCUT2D eigenvalue weighted by atomic mass is 16.5. The molecule has 3 aromatic heterocycles. The van der Waals surface area contributed by atoms with Crippen molar-refractivity contribution in [2.45, 2.75) is 6.92 Å². The molecule has 0 spiro atoms. The molecule has 23 heavy (non-hydrogen) atoms. The van der Waals surface area contributed by atoms with Gasteiger partial charge < -0.3 is 10.1 Å². The number of H-pyrrole nitrogens is 1. The second-order valence-corrected chi connectivity index (χ2v) is 4.65. The minimum atomic E-state index is -0.279. The van der Waals surface area contributed by atoms with Crippen molar-refractivity contribution in [3.8, 4) is 17.3 Å². The molecule has 0 aromatic carbocycles. The number of aromatic nitrogens is 4. The molecule has 0 aliphatic carbocycles. The van der Waals surface area contributed by atoms with Crippen LogP contribution in [0.4, 0.5) is 5.69 Å². The molecule has 0 atom stereocenters. The lowest BCUT2D eigenvalue weighted by atomic mass is 10.2. The Hall–Kier alpha value is -3.22. The number of nitrogens with one attached hydrogen (secondary N) is 2. The van der Waals surface area contributed by atoms with Gasteiger partial charge in [0.2, 0.25) is 5.88 Å². The SMILES string of the molecule is CCOc1ccc(C(=O)Nc2cn[nH]c2-c2ccccn2)cn1. The Labute approximate surface area is 132 Å². The Bertz CT molecular complexity index is 784. The van der Waals surface area contributed by atoms with E-state index in [-0.39, 0.29) is 5.91 Å². The fourth-order valence-electron chi connectivity index (χ4n) is 2.03. The Balaban J connectivity index is 1.77. The first-order chi connectivity index (χ1) is 11.3. The number of ether oxygens (including phenoxy) is 1. The van der Waals surface area contributed by atoms with Crippen molar-refractivity contribution in [1.82, 2.24) is 20.2 Å². The molecular formula is C16H15N5O2. The summed E-state index contributed by atoms with van der Waals surface area (Å²) in [5, 5.41) is 9.61. The number of carbonyl (C=O) groups is 1. The van der Waals surface area contributed by atoms with Crippen molar-refractivity contribution < 1.29 is 9.53 Å². The van der Waals surface area contributed by atoms with Crippen LogP contribution in [0.25, 0.3) is 11.4 Å². The maximum absolute atomic E-state index is 12.3. The molecule has 3 heterocycles. The number of nitrogens with zero attached hydrogens (tertiary/aromatic N) is 3. The van der Waals surface area contributed by atoms with Crippen LogP contribution in [0.2, 0.25) is 0 Å². The van der Waals surface area contributed by atoms with Gasteiger partial charge in [0.05, 0.1) is 29.7 Å². The summed E-state index contributed by atoms with van der Waals surface area (Å²) in [6.45, 7) is 2.40. The molecule has 3 rings (SSSR count). The van der Waals surface area contributed by atoms with Crippen LogP contribution < -0.4 is 10.1 Å². The van der Waals surface area contributed by atoms with Crippen LogP contribution in [0, 0.1) is 0 Å². The summed E-state index contributed by atoms with van der Waals surface area (Å²) >= 11 is 0. The number of amides is 1. The molecule has 2 N–H and O–H groups in total. The van der Waals surface area contributed by atoms with Gasteiger partial charge in [-0.25, -0.2) is 4.98 Å². The number of aromatic amines is 1. The minimum absolute atomic E-state index is 0.279. The number of hydrogen-bond acceptors (Lipinski definition) is 5. The Morgan fingerprint density at radius 3 is 2.83 bits per heavy atom. The van der Waals surface area contributed by atoms with Crippen LogP contribution in [0.5, 0.6) is 5.88 Å². The van der Waals surface area contributed by atoms with Gasteiger partial charge in [-0.15, -0.1) is 0 Å².